The standard InChI is InChI=1S/C96H142N12O27P2S4/c1-18-56(7)66(48-76(111)72-28-20-23-37-104(72)14)91(118)106(16)74(54(3)4)50-80(132-60(11)109)89-102-70(52-140-89)87(116)98-64(42-58(9)95(122)123)44-62-33-35-78(134-136(126,127)128)68(46-62)100-83(114)31-26-40-138-85-86(94(121)108(93(85)120)39-25-22-30-82(113)97-13)139-41-27-32-84(115)101-69-47-63(34-36-79(69)135-137(129,130)131)45-65(43-59(10)96(124)125)99-88(117)71-53-141-90(103-71)81(133-61(12)110)51-75(55(5)6)107(17)92(119)67(57(8)19-2)49-77(112)73-29-21-24-38-105(73)15/h33-36,46-47,52-59,64-67,72-75,80-81H,18-32,37-45,48-51H2,1-17H3,(H,97,113)(H,98,116)(H,99,117)(H,100,114)(H,101,115)(H,122,123)(H,124,125)(H2,126,127,128)(H2,129,130,131)/t56-,57-,58?,59?,64+,65+,66-,67-,72+,73+,74+,75+,80+,81+/m0/s1. The molecule has 45 heteroatoms. The number of aromatic nitrogens is 2. The Morgan fingerprint density at radius 3 is 1.25 bits per heavy atom. The van der Waals surface area contributed by atoms with Crippen LogP contribution in [0.3, 0.4) is 0 Å². The maximum Gasteiger partial charge on any atom is 0.524 e. The number of anilines is 2. The number of rotatable bonds is 59. The minimum absolute atomic E-state index is 0.00998. The van der Waals surface area contributed by atoms with Crippen molar-refractivity contribution in [2.24, 2.45) is 47.3 Å². The number of ketones is 2. The van der Waals surface area contributed by atoms with Gasteiger partial charge in [-0.25, -0.2) is 19.1 Å². The molecule has 141 heavy (non-hydrogen) atoms. The van der Waals surface area contributed by atoms with Crippen LogP contribution in [0.4, 0.5) is 11.4 Å². The molecule has 0 bridgehead atoms. The maximum absolute atomic E-state index is 14.6. The zero-order valence-corrected chi connectivity index (χ0v) is 88.6. The number of benzene rings is 2. The molecule has 11 N–H and O–H groups in total. The summed E-state index contributed by atoms with van der Waals surface area (Å²) in [5.41, 5.74) is -0.0888. The van der Waals surface area contributed by atoms with Crippen LogP contribution in [0, 0.1) is 47.3 Å². The minimum Gasteiger partial charge on any atom is -0.481 e. The second kappa shape index (κ2) is 56.2. The van der Waals surface area contributed by atoms with Crippen molar-refractivity contribution >= 4 is 162 Å². The van der Waals surface area contributed by atoms with Gasteiger partial charge in [0.2, 0.25) is 29.5 Å². The highest BCUT2D eigenvalue weighted by molar-refractivity contribution is 8.08. The molecule has 39 nitrogen and oxygen atoms in total. The second-order valence-corrected chi connectivity index (χ2v) is 44.0. The molecule has 3 aliphatic rings. The van der Waals surface area contributed by atoms with Gasteiger partial charge in [-0.1, -0.05) is 107 Å². The number of phosphoric acid groups is 2. The number of likely N-dealkylation sites (N-methyl/N-ethyl adjacent to an activating group) is 2. The molecule has 9 amide bonds. The molecule has 7 rings (SSSR count). The van der Waals surface area contributed by atoms with Crippen LogP contribution in [0.5, 0.6) is 11.5 Å². The van der Waals surface area contributed by atoms with Crippen LogP contribution in [0.25, 0.3) is 0 Å². The summed E-state index contributed by atoms with van der Waals surface area (Å²) in [5, 5.41) is 37.0. The number of hydrogen-bond donors (Lipinski definition) is 11. The third-order valence-corrected chi connectivity index (χ3v) is 31.2. The van der Waals surface area contributed by atoms with Gasteiger partial charge >= 0.3 is 39.5 Å². The molecule has 2 aromatic heterocycles. The lowest BCUT2D eigenvalue weighted by atomic mass is 9.83. The zero-order chi connectivity index (χ0) is 105. The van der Waals surface area contributed by atoms with E-state index in [9.17, 15) is 111 Å². The number of nitrogens with one attached hydrogen (secondary N) is 5. The van der Waals surface area contributed by atoms with Crippen molar-refractivity contribution in [3.63, 3.8) is 0 Å². The number of thioether (sulfide) groups is 2. The van der Waals surface area contributed by atoms with E-state index in [1.165, 1.54) is 69.8 Å². The molecule has 14 atom stereocenters. The van der Waals surface area contributed by atoms with Crippen molar-refractivity contribution in [1.29, 1.82) is 0 Å². The van der Waals surface area contributed by atoms with Crippen molar-refractivity contribution in [2.75, 3.05) is 77.0 Å². The summed E-state index contributed by atoms with van der Waals surface area (Å²) in [7, 11) is -1.97. The van der Waals surface area contributed by atoms with Gasteiger partial charge in [-0.2, -0.15) is 0 Å². The van der Waals surface area contributed by atoms with E-state index in [2.05, 4.69) is 36.6 Å². The third-order valence-electron chi connectivity index (χ3n) is 26.1. The summed E-state index contributed by atoms with van der Waals surface area (Å²) in [6.45, 7) is 22.3. The minimum atomic E-state index is -5.31. The topological polar surface area (TPSA) is 551 Å². The summed E-state index contributed by atoms with van der Waals surface area (Å²) < 4.78 is 46.5. The quantitative estimate of drug-likeness (QED) is 0.00846. The summed E-state index contributed by atoms with van der Waals surface area (Å²) in [4.78, 5) is 262. The van der Waals surface area contributed by atoms with Gasteiger partial charge in [0, 0.05) is 133 Å². The number of amides is 9. The molecule has 2 fully saturated rings. The van der Waals surface area contributed by atoms with E-state index < -0.39 is 147 Å². The highest BCUT2D eigenvalue weighted by atomic mass is 32.2. The fraction of sp³-hybridized carbons (Fsp3) is 0.635. The Bertz CT molecular complexity index is 4880. The number of carboxylic acid groups (broad SMARTS) is 2. The van der Waals surface area contributed by atoms with Crippen LogP contribution in [-0.4, -0.2) is 255 Å². The number of ether oxygens (including phenoxy) is 2. The average Bonchev–Trinajstić information content (AvgIpc) is 1.62. The van der Waals surface area contributed by atoms with E-state index >= 15 is 0 Å². The molecule has 4 aromatic rings. The molecule has 2 aromatic carbocycles. The van der Waals surface area contributed by atoms with Crippen LogP contribution in [-0.2, 0) is 93.8 Å². The molecular weight excluding hydrogens is 1940 g/mol. The molecule has 0 aliphatic carbocycles. The number of thiazole rings is 2. The normalized spacial score (nSPS) is 17.6. The average molecular weight is 2090 g/mol. The number of esters is 2. The first-order valence-corrected chi connectivity index (χ1v) is 54.9. The van der Waals surface area contributed by atoms with E-state index in [0.717, 1.165) is 102 Å². The van der Waals surface area contributed by atoms with Gasteiger partial charge in [0.15, 0.2) is 35.3 Å². The molecule has 5 heterocycles. The Morgan fingerprint density at radius 1 is 0.539 bits per heavy atom. The van der Waals surface area contributed by atoms with Crippen molar-refractivity contribution in [2.45, 2.75) is 279 Å². The first-order chi connectivity index (χ1) is 66.3. The lowest BCUT2D eigenvalue weighted by Gasteiger charge is -2.37. The second-order valence-electron chi connectivity index (χ2n) is 37.7. The summed E-state index contributed by atoms with van der Waals surface area (Å²) in [5.74, 6) is -13.6. The van der Waals surface area contributed by atoms with E-state index in [4.69, 9.17) is 18.5 Å². The Hall–Kier alpha value is -9.39. The van der Waals surface area contributed by atoms with Gasteiger partial charge in [-0.3, -0.25) is 106 Å². The van der Waals surface area contributed by atoms with E-state index in [0.29, 0.717) is 43.2 Å². The number of likely N-dealkylation sites (tertiary alicyclic amines) is 2. The number of nitrogens with zero attached hydrogens (tertiary/aromatic N) is 7. The van der Waals surface area contributed by atoms with E-state index in [-0.39, 0.29) is 216 Å². The fourth-order valence-electron chi connectivity index (χ4n) is 17.7. The molecule has 2 unspecified atom stereocenters. The first-order valence-electron chi connectivity index (χ1n) is 48.1. The Kier molecular flexibility index (Phi) is 47.2. The molecule has 0 spiro atoms. The number of carbonyl (C=O) groups is 15. The van der Waals surface area contributed by atoms with Crippen LogP contribution in [0.1, 0.15) is 272 Å². The summed E-state index contributed by atoms with van der Waals surface area (Å²) in [6.07, 6.45) is 4.19. The lowest BCUT2D eigenvalue weighted by Crippen LogP contribution is -2.48. The van der Waals surface area contributed by atoms with Gasteiger partial charge in [0.05, 0.1) is 45.1 Å². The number of hydrogen-bond acceptors (Lipinski definition) is 29. The van der Waals surface area contributed by atoms with Crippen molar-refractivity contribution in [1.82, 2.24) is 50.4 Å². The largest absolute Gasteiger partial charge is 0.524 e. The summed E-state index contributed by atoms with van der Waals surface area (Å²) >= 11 is 3.95. The molecule has 0 radical (unpaired) electrons. The molecule has 2 saturated heterocycles. The number of unbranched alkanes of at least 4 members (excludes halogenated alkanes) is 1. The predicted octanol–water partition coefficient (Wildman–Crippen LogP) is 12.7. The van der Waals surface area contributed by atoms with Crippen molar-refractivity contribution in [3.05, 3.63) is 89.5 Å². The lowest BCUT2D eigenvalue weighted by molar-refractivity contribution is -0.150. The number of piperidine rings is 2. The SMILES string of the molecule is CC[C@H](C)[C@H](CC(=O)[C@H]1CCCCN1C)C(=O)N(C)[C@H](C[C@@H](OC(C)=O)c1nc(C(=O)N[C@@H](Cc2ccc(OP(=O)(O)O)c(NC(=O)CCCSC3=C(SCCCC(=O)Nc4cc(C[C@@H](CC(C)C(=O)O)NC(=O)c5csc([C@@H](C[C@H](C(C)C)N(C)C(=O)[C@@H](CC(=O)[C@H]6CCCCN6C)[C@@H](C)CC)OC(C)=O)n5)ccc4OP(=O)(O)O)C(=O)N(CCCCC(=O)NC)C3=O)c2)CC(C)C(=O)O)cs1)C(C)C. The zero-order valence-electron chi connectivity index (χ0n) is 83.6. The number of aliphatic carboxylic acids is 2. The maximum atomic E-state index is 14.6. The van der Waals surface area contributed by atoms with Gasteiger partial charge in [0.25, 0.3) is 23.6 Å². The molecule has 0 saturated carbocycles. The molecule has 782 valence electrons. The fourth-order valence-corrected chi connectivity index (χ4v) is 22.4. The Balaban J connectivity index is 1.03. The van der Waals surface area contributed by atoms with Gasteiger partial charge in [0.1, 0.15) is 21.4 Å². The first kappa shape index (κ1) is 119. The number of imide groups is 1. The number of Topliss-reactive ketones (excluding diaryl/α,β-unsaturated/α-hetero) is 2. The predicted molar refractivity (Wildman–Crippen MR) is 534 cm³/mol. The van der Waals surface area contributed by atoms with Gasteiger partial charge in [-0.15, -0.1) is 46.2 Å². The van der Waals surface area contributed by atoms with Crippen molar-refractivity contribution < 1.29 is 129 Å². The van der Waals surface area contributed by atoms with Crippen LogP contribution in [0.2, 0.25) is 0 Å². The summed E-state index contributed by atoms with van der Waals surface area (Å²) in [6, 6.07) is 4.13. The highest BCUT2D eigenvalue weighted by Gasteiger charge is 2.43. The third kappa shape index (κ3) is 37.0. The molecular formula is C96H142N12O27P2S4. The van der Waals surface area contributed by atoms with E-state index in [1.807, 2.05) is 79.3 Å². The Labute approximate surface area is 841 Å². The van der Waals surface area contributed by atoms with Crippen molar-refractivity contribution in [3.8, 4) is 11.5 Å². The van der Waals surface area contributed by atoms with Crippen LogP contribution >= 0.6 is 61.8 Å². The van der Waals surface area contributed by atoms with Crippen LogP contribution < -0.4 is 35.6 Å². The van der Waals surface area contributed by atoms with Crippen LogP contribution in [0.15, 0.2) is 57.0 Å². The number of phosphoric ester groups is 2. The number of carbonyl (C=O) groups excluding carboxylic acids is 13. The monoisotopic (exact) mass is 2080 g/mol. The van der Waals surface area contributed by atoms with E-state index in [1.54, 1.807) is 23.9 Å². The number of carboxylic acids is 2. The molecule has 3 aliphatic heterocycles. The smallest absolute Gasteiger partial charge is 0.481 e. The van der Waals surface area contributed by atoms with Gasteiger partial charge < -0.3 is 65.1 Å². The van der Waals surface area contributed by atoms with Gasteiger partial charge in [-0.05, 0) is 175 Å². The Morgan fingerprint density at radius 2 is 0.915 bits per heavy atom. The highest BCUT2D eigenvalue weighted by Crippen LogP contribution is 2.45.